The summed E-state index contributed by atoms with van der Waals surface area (Å²) in [5.74, 6) is -0.0749. The zero-order chi connectivity index (χ0) is 14.3. The fourth-order valence-electron chi connectivity index (χ4n) is 2.36. The Bertz CT molecular complexity index is 820. The van der Waals surface area contributed by atoms with E-state index in [2.05, 4.69) is 4.98 Å². The quantitative estimate of drug-likeness (QED) is 0.553. The highest BCUT2D eigenvalue weighted by atomic mass is 35.5. The van der Waals surface area contributed by atoms with Gasteiger partial charge >= 0.3 is 0 Å². The van der Waals surface area contributed by atoms with E-state index < -0.39 is 0 Å². The van der Waals surface area contributed by atoms with Crippen molar-refractivity contribution in [3.05, 3.63) is 64.3 Å². The van der Waals surface area contributed by atoms with Gasteiger partial charge in [-0.15, -0.1) is 0 Å². The predicted molar refractivity (Wildman–Crippen MR) is 82.3 cm³/mol. The van der Waals surface area contributed by atoms with E-state index in [1.165, 1.54) is 0 Å². The van der Waals surface area contributed by atoms with Crippen LogP contribution in [0.1, 0.15) is 21.5 Å². The summed E-state index contributed by atoms with van der Waals surface area (Å²) in [7, 11) is 0. The third kappa shape index (κ3) is 1.87. The number of carbonyl (C=O) groups excluding carboxylic acids is 1. The Balaban J connectivity index is 2.21. The number of fused-ring (bicyclic) bond motifs is 1. The minimum Gasteiger partial charge on any atom is -0.398 e. The molecule has 0 atom stereocenters. The van der Waals surface area contributed by atoms with Crippen LogP contribution in [-0.2, 0) is 0 Å². The maximum absolute atomic E-state index is 12.7. The van der Waals surface area contributed by atoms with E-state index in [9.17, 15) is 4.79 Å². The van der Waals surface area contributed by atoms with E-state index in [0.29, 0.717) is 21.8 Å². The summed E-state index contributed by atoms with van der Waals surface area (Å²) >= 11 is 6.21. The lowest BCUT2D eigenvalue weighted by Gasteiger charge is -2.07. The number of H-pyrrole nitrogens is 1. The molecular weight excluding hydrogens is 272 g/mol. The molecule has 0 saturated carbocycles. The van der Waals surface area contributed by atoms with Crippen LogP contribution in [0.25, 0.3) is 10.9 Å². The van der Waals surface area contributed by atoms with Gasteiger partial charge in [0, 0.05) is 33.9 Å². The van der Waals surface area contributed by atoms with Crippen molar-refractivity contribution in [2.45, 2.75) is 6.92 Å². The second-order valence-corrected chi connectivity index (χ2v) is 5.12. The van der Waals surface area contributed by atoms with Crippen molar-refractivity contribution in [2.24, 2.45) is 0 Å². The third-order valence-electron chi connectivity index (χ3n) is 3.52. The summed E-state index contributed by atoms with van der Waals surface area (Å²) in [6.07, 6.45) is 1.70. The monoisotopic (exact) mass is 284 g/mol. The molecule has 4 heteroatoms. The molecule has 2 aromatic carbocycles. The molecule has 20 heavy (non-hydrogen) atoms. The first-order valence-corrected chi connectivity index (χ1v) is 6.63. The molecule has 0 saturated heterocycles. The van der Waals surface area contributed by atoms with Crippen molar-refractivity contribution in [2.75, 3.05) is 5.73 Å². The summed E-state index contributed by atoms with van der Waals surface area (Å²) in [5, 5.41) is 1.31. The van der Waals surface area contributed by atoms with Gasteiger partial charge in [0.05, 0.1) is 5.02 Å². The molecule has 0 unspecified atom stereocenters. The highest BCUT2D eigenvalue weighted by Gasteiger charge is 2.18. The van der Waals surface area contributed by atoms with E-state index in [1.54, 1.807) is 30.5 Å². The van der Waals surface area contributed by atoms with E-state index >= 15 is 0 Å². The second kappa shape index (κ2) is 4.69. The Hall–Kier alpha value is -2.26. The zero-order valence-electron chi connectivity index (χ0n) is 10.9. The SMILES string of the molecule is Cc1c(N)cccc1C(=O)c1c[nH]c2cccc(Cl)c12. The molecule has 0 aliphatic heterocycles. The summed E-state index contributed by atoms with van der Waals surface area (Å²) in [6, 6.07) is 10.9. The van der Waals surface area contributed by atoms with Crippen LogP contribution in [0.15, 0.2) is 42.6 Å². The van der Waals surface area contributed by atoms with E-state index in [0.717, 1.165) is 16.5 Å². The number of hydrogen-bond acceptors (Lipinski definition) is 2. The van der Waals surface area contributed by atoms with Gasteiger partial charge in [-0.1, -0.05) is 29.8 Å². The van der Waals surface area contributed by atoms with E-state index in [4.69, 9.17) is 17.3 Å². The zero-order valence-corrected chi connectivity index (χ0v) is 11.7. The summed E-state index contributed by atoms with van der Waals surface area (Å²) in [4.78, 5) is 15.8. The van der Waals surface area contributed by atoms with Gasteiger partial charge in [0.1, 0.15) is 0 Å². The maximum atomic E-state index is 12.7. The normalized spacial score (nSPS) is 10.9. The first-order chi connectivity index (χ1) is 9.59. The lowest BCUT2D eigenvalue weighted by Crippen LogP contribution is -2.05. The van der Waals surface area contributed by atoms with Gasteiger partial charge in [0.15, 0.2) is 5.78 Å². The van der Waals surface area contributed by atoms with Gasteiger partial charge < -0.3 is 10.7 Å². The minimum atomic E-state index is -0.0749. The smallest absolute Gasteiger partial charge is 0.195 e. The molecule has 1 aromatic heterocycles. The summed E-state index contributed by atoms with van der Waals surface area (Å²) < 4.78 is 0. The van der Waals surface area contributed by atoms with Crippen LogP contribution in [0.3, 0.4) is 0 Å². The average molecular weight is 285 g/mol. The Labute approximate surface area is 121 Å². The molecule has 0 bridgehead atoms. The van der Waals surface area contributed by atoms with Crippen molar-refractivity contribution in [1.29, 1.82) is 0 Å². The largest absolute Gasteiger partial charge is 0.398 e. The van der Waals surface area contributed by atoms with Crippen molar-refractivity contribution in [1.82, 2.24) is 4.98 Å². The van der Waals surface area contributed by atoms with Crippen LogP contribution in [0, 0.1) is 6.92 Å². The number of aromatic amines is 1. The molecule has 3 rings (SSSR count). The summed E-state index contributed by atoms with van der Waals surface area (Å²) in [5.41, 5.74) is 9.29. The van der Waals surface area contributed by atoms with Crippen LogP contribution >= 0.6 is 11.6 Å². The number of nitrogens with one attached hydrogen (secondary N) is 1. The summed E-state index contributed by atoms with van der Waals surface area (Å²) in [6.45, 7) is 1.85. The maximum Gasteiger partial charge on any atom is 0.195 e. The van der Waals surface area contributed by atoms with Crippen LogP contribution < -0.4 is 5.73 Å². The van der Waals surface area contributed by atoms with Crippen LogP contribution in [0.2, 0.25) is 5.02 Å². The Morgan fingerprint density at radius 3 is 2.70 bits per heavy atom. The lowest BCUT2D eigenvalue weighted by atomic mass is 9.98. The van der Waals surface area contributed by atoms with E-state index in [1.807, 2.05) is 19.1 Å². The number of nitrogen functional groups attached to an aromatic ring is 1. The van der Waals surface area contributed by atoms with Gasteiger partial charge in [-0.25, -0.2) is 0 Å². The number of benzene rings is 2. The van der Waals surface area contributed by atoms with Gasteiger partial charge in [0.25, 0.3) is 0 Å². The van der Waals surface area contributed by atoms with Crippen molar-refractivity contribution in [3.63, 3.8) is 0 Å². The van der Waals surface area contributed by atoms with E-state index in [-0.39, 0.29) is 5.78 Å². The molecule has 0 fully saturated rings. The topological polar surface area (TPSA) is 58.9 Å². The molecule has 3 N–H and O–H groups in total. The standard InChI is InChI=1S/C16H13ClN2O/c1-9-10(4-2-6-13(9)18)16(20)11-8-19-14-7-3-5-12(17)15(11)14/h2-8,19H,18H2,1H3. The fourth-order valence-corrected chi connectivity index (χ4v) is 2.64. The van der Waals surface area contributed by atoms with Gasteiger partial charge in [-0.05, 0) is 30.7 Å². The first kappa shape index (κ1) is 12.8. The first-order valence-electron chi connectivity index (χ1n) is 6.25. The van der Waals surface area contributed by atoms with Gasteiger partial charge in [-0.3, -0.25) is 4.79 Å². The molecule has 3 nitrogen and oxygen atoms in total. The molecule has 3 aromatic rings. The Morgan fingerprint density at radius 2 is 1.90 bits per heavy atom. The molecule has 0 aliphatic carbocycles. The highest BCUT2D eigenvalue weighted by Crippen LogP contribution is 2.29. The molecule has 1 heterocycles. The molecule has 0 spiro atoms. The van der Waals surface area contributed by atoms with Crippen LogP contribution in [0.5, 0.6) is 0 Å². The lowest BCUT2D eigenvalue weighted by molar-refractivity contribution is 0.104. The second-order valence-electron chi connectivity index (χ2n) is 4.71. The number of halogens is 1. The molecule has 0 radical (unpaired) electrons. The number of rotatable bonds is 2. The van der Waals surface area contributed by atoms with Gasteiger partial charge in [0.2, 0.25) is 0 Å². The average Bonchev–Trinajstić information content (AvgIpc) is 2.86. The molecular formula is C16H13ClN2O. The van der Waals surface area contributed by atoms with Crippen molar-refractivity contribution >= 4 is 34.0 Å². The number of hydrogen-bond donors (Lipinski definition) is 2. The van der Waals surface area contributed by atoms with Crippen molar-refractivity contribution < 1.29 is 4.79 Å². The number of nitrogens with two attached hydrogens (primary N) is 1. The van der Waals surface area contributed by atoms with Gasteiger partial charge in [-0.2, -0.15) is 0 Å². The molecule has 0 amide bonds. The van der Waals surface area contributed by atoms with Crippen LogP contribution in [0.4, 0.5) is 5.69 Å². The fraction of sp³-hybridized carbons (Fsp3) is 0.0625. The predicted octanol–water partition coefficient (Wildman–Crippen LogP) is 3.94. The minimum absolute atomic E-state index is 0.0749. The number of carbonyl (C=O) groups is 1. The number of aromatic nitrogens is 1. The highest BCUT2D eigenvalue weighted by molar-refractivity contribution is 6.37. The molecule has 100 valence electrons. The number of anilines is 1. The third-order valence-corrected chi connectivity index (χ3v) is 3.83. The Morgan fingerprint density at radius 1 is 1.15 bits per heavy atom. The van der Waals surface area contributed by atoms with Crippen molar-refractivity contribution in [3.8, 4) is 0 Å². The molecule has 0 aliphatic rings. The number of ketones is 1. The Kier molecular flexibility index (Phi) is 2.99. The van der Waals surface area contributed by atoms with Crippen LogP contribution in [-0.4, -0.2) is 10.8 Å².